The Bertz CT molecular complexity index is 442. The Labute approximate surface area is 120 Å². The minimum absolute atomic E-state index is 0.0400. The molecule has 104 valence electrons. The summed E-state index contributed by atoms with van der Waals surface area (Å²) in [5.41, 5.74) is 7.91. The van der Waals surface area contributed by atoms with E-state index in [0.717, 1.165) is 12.0 Å². The molecule has 0 aromatic heterocycles. The number of carbonyl (C=O) groups excluding carboxylic acids is 1. The van der Waals surface area contributed by atoms with Crippen LogP contribution in [0.4, 0.5) is 0 Å². The predicted octanol–water partition coefficient (Wildman–Crippen LogP) is 2.87. The highest BCUT2D eigenvalue weighted by Gasteiger charge is 2.22. The minimum atomic E-state index is -0.368. The Morgan fingerprint density at radius 2 is 1.95 bits per heavy atom. The van der Waals surface area contributed by atoms with Crippen molar-refractivity contribution in [3.05, 3.63) is 35.4 Å². The maximum Gasteiger partial charge on any atom is 0.230 e. The molecule has 19 heavy (non-hydrogen) atoms. The molecule has 2 atom stereocenters. The number of carbonyl (C=O) groups is 1. The van der Waals surface area contributed by atoms with E-state index in [-0.39, 0.29) is 22.9 Å². The lowest BCUT2D eigenvalue weighted by molar-refractivity contribution is -0.123. The van der Waals surface area contributed by atoms with Crippen LogP contribution in [0.5, 0.6) is 0 Å². The molecule has 0 spiro atoms. The molecular weight excluding hydrogens is 256 g/mol. The molecule has 0 saturated carbocycles. The van der Waals surface area contributed by atoms with E-state index in [2.05, 4.69) is 5.32 Å². The lowest BCUT2D eigenvalue weighted by Gasteiger charge is -2.19. The lowest BCUT2D eigenvalue weighted by Crippen LogP contribution is -2.39. The Morgan fingerprint density at radius 3 is 2.42 bits per heavy atom. The topological polar surface area (TPSA) is 55.1 Å². The summed E-state index contributed by atoms with van der Waals surface area (Å²) < 4.78 is 0. The lowest BCUT2D eigenvalue weighted by atomic mass is 10.0. The minimum Gasteiger partial charge on any atom is -0.393 e. The van der Waals surface area contributed by atoms with Crippen LogP contribution in [0, 0.1) is 12.8 Å². The van der Waals surface area contributed by atoms with Gasteiger partial charge in [0.25, 0.3) is 0 Å². The first-order chi connectivity index (χ1) is 8.95. The molecule has 4 heteroatoms. The van der Waals surface area contributed by atoms with Crippen molar-refractivity contribution >= 4 is 23.1 Å². The normalized spacial score (nSPS) is 13.6. The van der Waals surface area contributed by atoms with Gasteiger partial charge in [0.2, 0.25) is 5.91 Å². The van der Waals surface area contributed by atoms with Gasteiger partial charge in [-0.3, -0.25) is 4.79 Å². The SMILES string of the molecule is CCCC(C(=O)NC(C)c1ccc(C)cc1)C(N)=S. The fourth-order valence-electron chi connectivity index (χ4n) is 1.94. The highest BCUT2D eigenvalue weighted by Crippen LogP contribution is 2.15. The molecule has 0 saturated heterocycles. The van der Waals surface area contributed by atoms with E-state index in [1.165, 1.54) is 5.56 Å². The van der Waals surface area contributed by atoms with Crippen LogP contribution in [0.2, 0.25) is 0 Å². The molecule has 1 rings (SSSR count). The van der Waals surface area contributed by atoms with Crippen molar-refractivity contribution in [1.29, 1.82) is 0 Å². The summed E-state index contributed by atoms with van der Waals surface area (Å²) in [5, 5.41) is 2.98. The molecular formula is C15H22N2OS. The van der Waals surface area contributed by atoms with Crippen molar-refractivity contribution in [3.63, 3.8) is 0 Å². The van der Waals surface area contributed by atoms with Crippen LogP contribution in [0.15, 0.2) is 24.3 Å². The summed E-state index contributed by atoms with van der Waals surface area (Å²) >= 11 is 4.96. The van der Waals surface area contributed by atoms with E-state index >= 15 is 0 Å². The number of aryl methyl sites for hydroxylation is 1. The molecule has 1 amide bonds. The Balaban J connectivity index is 2.69. The van der Waals surface area contributed by atoms with Crippen molar-refractivity contribution < 1.29 is 4.79 Å². The zero-order chi connectivity index (χ0) is 14.4. The number of thiocarbonyl (C=S) groups is 1. The van der Waals surface area contributed by atoms with E-state index < -0.39 is 0 Å². The van der Waals surface area contributed by atoms with Gasteiger partial charge in [0, 0.05) is 0 Å². The largest absolute Gasteiger partial charge is 0.393 e. The van der Waals surface area contributed by atoms with E-state index in [0.29, 0.717) is 6.42 Å². The summed E-state index contributed by atoms with van der Waals surface area (Å²) in [6.07, 6.45) is 1.58. The number of nitrogens with two attached hydrogens (primary N) is 1. The van der Waals surface area contributed by atoms with Gasteiger partial charge in [-0.1, -0.05) is 55.4 Å². The fourth-order valence-corrected chi connectivity index (χ4v) is 2.17. The highest BCUT2D eigenvalue weighted by molar-refractivity contribution is 7.80. The smallest absolute Gasteiger partial charge is 0.230 e. The summed E-state index contributed by atoms with van der Waals surface area (Å²) in [6, 6.07) is 8.08. The number of benzene rings is 1. The quantitative estimate of drug-likeness (QED) is 0.787. The second-order valence-corrected chi connectivity index (χ2v) is 5.36. The first-order valence-electron chi connectivity index (χ1n) is 6.62. The van der Waals surface area contributed by atoms with Crippen LogP contribution in [-0.2, 0) is 4.79 Å². The average molecular weight is 278 g/mol. The van der Waals surface area contributed by atoms with Gasteiger partial charge in [-0.05, 0) is 25.8 Å². The Kier molecular flexibility index (Phi) is 5.96. The van der Waals surface area contributed by atoms with Gasteiger partial charge in [0.05, 0.1) is 16.9 Å². The van der Waals surface area contributed by atoms with Crippen LogP contribution in [-0.4, -0.2) is 10.9 Å². The summed E-state index contributed by atoms with van der Waals surface area (Å²) in [5.74, 6) is -0.449. The van der Waals surface area contributed by atoms with Crippen molar-refractivity contribution in [2.75, 3.05) is 0 Å². The average Bonchev–Trinajstić information content (AvgIpc) is 2.36. The molecule has 2 unspecified atom stereocenters. The summed E-state index contributed by atoms with van der Waals surface area (Å²) in [4.78, 5) is 12.4. The maximum atomic E-state index is 12.1. The number of hydrogen-bond donors (Lipinski definition) is 2. The van der Waals surface area contributed by atoms with E-state index in [9.17, 15) is 4.79 Å². The number of rotatable bonds is 6. The van der Waals surface area contributed by atoms with Crippen LogP contribution in [0.3, 0.4) is 0 Å². The predicted molar refractivity (Wildman–Crippen MR) is 82.9 cm³/mol. The van der Waals surface area contributed by atoms with Gasteiger partial charge >= 0.3 is 0 Å². The molecule has 0 aliphatic heterocycles. The second kappa shape index (κ2) is 7.24. The standard InChI is InChI=1S/C15H22N2OS/c1-4-5-13(14(16)19)15(18)17-11(3)12-8-6-10(2)7-9-12/h6-9,11,13H,4-5H2,1-3H3,(H2,16,19)(H,17,18). The van der Waals surface area contributed by atoms with Gasteiger partial charge in [0.1, 0.15) is 0 Å². The second-order valence-electron chi connectivity index (χ2n) is 4.88. The van der Waals surface area contributed by atoms with Crippen LogP contribution < -0.4 is 11.1 Å². The molecule has 1 aromatic rings. The van der Waals surface area contributed by atoms with E-state index in [4.69, 9.17) is 18.0 Å². The fraction of sp³-hybridized carbons (Fsp3) is 0.467. The third kappa shape index (κ3) is 4.63. The Morgan fingerprint density at radius 1 is 1.37 bits per heavy atom. The van der Waals surface area contributed by atoms with E-state index in [1.807, 2.05) is 45.0 Å². The van der Waals surface area contributed by atoms with Crippen LogP contribution in [0.1, 0.15) is 43.9 Å². The van der Waals surface area contributed by atoms with Crippen molar-refractivity contribution in [2.24, 2.45) is 11.7 Å². The molecule has 0 bridgehead atoms. The van der Waals surface area contributed by atoms with Crippen molar-refractivity contribution in [3.8, 4) is 0 Å². The maximum absolute atomic E-state index is 12.1. The number of nitrogens with one attached hydrogen (secondary N) is 1. The van der Waals surface area contributed by atoms with Gasteiger partial charge in [-0.15, -0.1) is 0 Å². The molecule has 1 aromatic carbocycles. The third-order valence-corrected chi connectivity index (χ3v) is 3.46. The third-order valence-electron chi connectivity index (χ3n) is 3.17. The van der Waals surface area contributed by atoms with Gasteiger partial charge < -0.3 is 11.1 Å². The van der Waals surface area contributed by atoms with Crippen molar-refractivity contribution in [1.82, 2.24) is 5.32 Å². The number of hydrogen-bond acceptors (Lipinski definition) is 2. The van der Waals surface area contributed by atoms with Gasteiger partial charge in [-0.2, -0.15) is 0 Å². The number of amides is 1. The van der Waals surface area contributed by atoms with Gasteiger partial charge in [0.15, 0.2) is 0 Å². The summed E-state index contributed by atoms with van der Waals surface area (Å²) in [6.45, 7) is 6.02. The van der Waals surface area contributed by atoms with Crippen LogP contribution in [0.25, 0.3) is 0 Å². The first kappa shape index (κ1) is 15.6. The first-order valence-corrected chi connectivity index (χ1v) is 7.02. The zero-order valence-electron chi connectivity index (χ0n) is 11.8. The molecule has 0 radical (unpaired) electrons. The molecule has 0 aliphatic rings. The molecule has 3 nitrogen and oxygen atoms in total. The molecule has 0 aliphatic carbocycles. The monoisotopic (exact) mass is 278 g/mol. The molecule has 0 heterocycles. The zero-order valence-corrected chi connectivity index (χ0v) is 12.6. The van der Waals surface area contributed by atoms with Crippen LogP contribution >= 0.6 is 12.2 Å². The van der Waals surface area contributed by atoms with Gasteiger partial charge in [-0.25, -0.2) is 0 Å². The Hall–Kier alpha value is -1.42. The highest BCUT2D eigenvalue weighted by atomic mass is 32.1. The molecule has 3 N–H and O–H groups in total. The summed E-state index contributed by atoms with van der Waals surface area (Å²) in [7, 11) is 0. The van der Waals surface area contributed by atoms with E-state index in [1.54, 1.807) is 0 Å². The van der Waals surface area contributed by atoms with Crippen molar-refractivity contribution in [2.45, 2.75) is 39.7 Å². The molecule has 0 fully saturated rings.